The van der Waals surface area contributed by atoms with Gasteiger partial charge in [-0.2, -0.15) is 4.99 Å². The van der Waals surface area contributed by atoms with Crippen LogP contribution in [0.25, 0.3) is 0 Å². The summed E-state index contributed by atoms with van der Waals surface area (Å²) in [6.07, 6.45) is 1.67. The van der Waals surface area contributed by atoms with E-state index in [1.165, 1.54) is 12.1 Å². The van der Waals surface area contributed by atoms with Gasteiger partial charge in [-0.05, 0) is 6.92 Å². The van der Waals surface area contributed by atoms with Crippen molar-refractivity contribution in [2.75, 3.05) is 13.7 Å². The summed E-state index contributed by atoms with van der Waals surface area (Å²) >= 11 is 1.31. The average molecular weight is 159 g/mol. The third-order valence-corrected chi connectivity index (χ3v) is 1.44. The molecular formula is C5H9N3OS. The quantitative estimate of drug-likeness (QED) is 0.534. The minimum Gasteiger partial charge on any atom is -0.463 e. The van der Waals surface area contributed by atoms with Crippen molar-refractivity contribution in [2.45, 2.75) is 6.92 Å². The molecule has 56 valence electrons. The summed E-state index contributed by atoms with van der Waals surface area (Å²) in [6.45, 7) is 2.52. The first-order chi connectivity index (χ1) is 4.83. The van der Waals surface area contributed by atoms with Gasteiger partial charge >= 0.3 is 6.02 Å². The van der Waals surface area contributed by atoms with Crippen LogP contribution in [-0.2, 0) is 4.74 Å². The predicted octanol–water partition coefficient (Wildman–Crippen LogP) is 0.916. The first kappa shape index (κ1) is 7.40. The molecule has 0 N–H and O–H groups in total. The van der Waals surface area contributed by atoms with Gasteiger partial charge in [-0.1, -0.05) is 0 Å². The summed E-state index contributed by atoms with van der Waals surface area (Å²) in [4.78, 5) is 3.91. The van der Waals surface area contributed by atoms with Crippen LogP contribution in [0.1, 0.15) is 6.92 Å². The van der Waals surface area contributed by atoms with E-state index in [0.29, 0.717) is 12.6 Å². The first-order valence-electron chi connectivity index (χ1n) is 2.98. The molecule has 0 aromatic rings. The molecule has 0 atom stereocenters. The Morgan fingerprint density at radius 3 is 3.10 bits per heavy atom. The number of aliphatic imine (C=N–C) groups is 1. The largest absolute Gasteiger partial charge is 0.463 e. The molecular weight excluding hydrogens is 150 g/mol. The Kier molecular flexibility index (Phi) is 2.56. The highest BCUT2D eigenvalue weighted by molar-refractivity contribution is 7.96. The topological polar surface area (TPSA) is 37.2 Å². The second kappa shape index (κ2) is 3.46. The molecule has 1 rings (SSSR count). The first-order valence-corrected chi connectivity index (χ1v) is 3.71. The number of hydrogen-bond acceptors (Lipinski definition) is 5. The molecule has 0 saturated carbocycles. The Balaban J connectivity index is 2.42. The zero-order valence-electron chi connectivity index (χ0n) is 5.94. The van der Waals surface area contributed by atoms with E-state index in [0.717, 1.165) is 0 Å². The molecule has 0 amide bonds. The van der Waals surface area contributed by atoms with Crippen LogP contribution >= 0.6 is 12.1 Å². The molecule has 0 saturated heterocycles. The van der Waals surface area contributed by atoms with Crippen LogP contribution in [-0.4, -0.2) is 30.3 Å². The molecule has 0 spiro atoms. The summed E-state index contributed by atoms with van der Waals surface area (Å²) < 4.78 is 10.8. The maximum Gasteiger partial charge on any atom is 0.326 e. The SMILES string of the molecule is CCOC1=NSN(C)C=N1. The second-order valence-corrected chi connectivity index (χ2v) is 2.60. The van der Waals surface area contributed by atoms with E-state index in [4.69, 9.17) is 4.74 Å². The Bertz CT molecular complexity index is 168. The van der Waals surface area contributed by atoms with Crippen LogP contribution in [0.3, 0.4) is 0 Å². The van der Waals surface area contributed by atoms with Gasteiger partial charge in [0.15, 0.2) is 0 Å². The van der Waals surface area contributed by atoms with Crippen LogP contribution in [0.15, 0.2) is 9.39 Å². The van der Waals surface area contributed by atoms with Crippen molar-refractivity contribution in [2.24, 2.45) is 9.39 Å². The smallest absolute Gasteiger partial charge is 0.326 e. The highest BCUT2D eigenvalue weighted by Crippen LogP contribution is 2.10. The summed E-state index contributed by atoms with van der Waals surface area (Å²) in [5.41, 5.74) is 0. The van der Waals surface area contributed by atoms with Gasteiger partial charge < -0.3 is 4.74 Å². The van der Waals surface area contributed by atoms with Crippen molar-refractivity contribution < 1.29 is 4.74 Å². The van der Waals surface area contributed by atoms with Crippen LogP contribution in [0.4, 0.5) is 0 Å². The molecule has 4 nitrogen and oxygen atoms in total. The van der Waals surface area contributed by atoms with Crippen LogP contribution in [0, 0.1) is 0 Å². The van der Waals surface area contributed by atoms with Crippen LogP contribution < -0.4 is 0 Å². The number of hydrogen-bond donors (Lipinski definition) is 0. The lowest BCUT2D eigenvalue weighted by molar-refractivity contribution is 0.323. The van der Waals surface area contributed by atoms with Crippen molar-refractivity contribution in [1.29, 1.82) is 0 Å². The van der Waals surface area contributed by atoms with Crippen molar-refractivity contribution >= 4 is 24.5 Å². The number of nitrogens with zero attached hydrogens (tertiary/aromatic N) is 3. The molecule has 0 fully saturated rings. The van der Waals surface area contributed by atoms with E-state index in [2.05, 4.69) is 9.39 Å². The lowest BCUT2D eigenvalue weighted by atomic mass is 10.9. The number of amidine groups is 1. The van der Waals surface area contributed by atoms with E-state index in [9.17, 15) is 0 Å². The van der Waals surface area contributed by atoms with Gasteiger partial charge in [0.1, 0.15) is 6.34 Å². The lowest BCUT2D eigenvalue weighted by Gasteiger charge is -2.11. The summed E-state index contributed by atoms with van der Waals surface area (Å²) in [5, 5.41) is 0. The minimum atomic E-state index is 0.450. The summed E-state index contributed by atoms with van der Waals surface area (Å²) in [6, 6.07) is 0.450. The molecule has 1 aliphatic rings. The molecule has 0 aromatic carbocycles. The van der Waals surface area contributed by atoms with E-state index >= 15 is 0 Å². The van der Waals surface area contributed by atoms with Crippen LogP contribution in [0.2, 0.25) is 0 Å². The maximum atomic E-state index is 5.04. The molecule has 0 bridgehead atoms. The summed E-state index contributed by atoms with van der Waals surface area (Å²) in [5.74, 6) is 0. The molecule has 10 heavy (non-hydrogen) atoms. The molecule has 1 aliphatic heterocycles. The third kappa shape index (κ3) is 1.91. The zero-order chi connectivity index (χ0) is 7.40. The van der Waals surface area contributed by atoms with Gasteiger partial charge in [0.25, 0.3) is 0 Å². The van der Waals surface area contributed by atoms with E-state index in [1.54, 1.807) is 10.6 Å². The average Bonchev–Trinajstić information content (AvgIpc) is 1.95. The van der Waals surface area contributed by atoms with E-state index in [1.807, 2.05) is 14.0 Å². The Morgan fingerprint density at radius 2 is 2.60 bits per heavy atom. The fourth-order valence-corrected chi connectivity index (χ4v) is 0.855. The zero-order valence-corrected chi connectivity index (χ0v) is 6.76. The second-order valence-electron chi connectivity index (χ2n) is 1.68. The standard InChI is InChI=1S/C5H9N3OS/c1-3-9-5-6-4-8(2)10-7-5/h4H,3H2,1-2H3. The van der Waals surface area contributed by atoms with Gasteiger partial charge in [-0.15, -0.1) is 4.40 Å². The molecule has 0 unspecified atom stereocenters. The van der Waals surface area contributed by atoms with Crippen LogP contribution in [0.5, 0.6) is 0 Å². The molecule has 1 heterocycles. The molecule has 0 aliphatic carbocycles. The highest BCUT2D eigenvalue weighted by atomic mass is 32.2. The Morgan fingerprint density at radius 1 is 1.80 bits per heavy atom. The summed E-state index contributed by atoms with van der Waals surface area (Å²) in [7, 11) is 1.88. The number of ether oxygens (including phenoxy) is 1. The molecule has 0 radical (unpaired) electrons. The van der Waals surface area contributed by atoms with E-state index in [-0.39, 0.29) is 0 Å². The van der Waals surface area contributed by atoms with Gasteiger partial charge in [0.05, 0.1) is 18.7 Å². The van der Waals surface area contributed by atoms with Crippen molar-refractivity contribution in [3.63, 3.8) is 0 Å². The molecule has 5 heteroatoms. The molecule has 0 aromatic heterocycles. The predicted molar refractivity (Wildman–Crippen MR) is 42.9 cm³/mol. The van der Waals surface area contributed by atoms with Gasteiger partial charge in [0.2, 0.25) is 0 Å². The van der Waals surface area contributed by atoms with E-state index < -0.39 is 0 Å². The minimum absolute atomic E-state index is 0.450. The van der Waals surface area contributed by atoms with Gasteiger partial charge in [0, 0.05) is 7.05 Å². The lowest BCUT2D eigenvalue weighted by Crippen LogP contribution is -2.13. The third-order valence-electron chi connectivity index (χ3n) is 0.852. The van der Waals surface area contributed by atoms with Gasteiger partial charge in [-0.3, -0.25) is 4.31 Å². The fraction of sp³-hybridized carbons (Fsp3) is 0.600. The number of rotatable bonds is 1. The normalized spacial score (nSPS) is 17.0. The van der Waals surface area contributed by atoms with Crippen molar-refractivity contribution in [1.82, 2.24) is 4.31 Å². The monoisotopic (exact) mass is 159 g/mol. The Hall–Kier alpha value is -0.710. The van der Waals surface area contributed by atoms with Gasteiger partial charge in [-0.25, -0.2) is 0 Å². The maximum absolute atomic E-state index is 5.04. The van der Waals surface area contributed by atoms with Crippen molar-refractivity contribution in [3.05, 3.63) is 0 Å². The highest BCUT2D eigenvalue weighted by Gasteiger charge is 2.03. The van der Waals surface area contributed by atoms with Crippen molar-refractivity contribution in [3.8, 4) is 0 Å². The fourth-order valence-electron chi connectivity index (χ4n) is 0.467. The Labute approximate surface area is 64.3 Å².